The topological polar surface area (TPSA) is 125 Å². The van der Waals surface area contributed by atoms with Crippen molar-refractivity contribution in [3.8, 4) is 11.1 Å². The Labute approximate surface area is 206 Å². The molecule has 2 aromatic heterocycles. The number of amides is 1. The van der Waals surface area contributed by atoms with Crippen LogP contribution in [0.2, 0.25) is 0 Å². The highest BCUT2D eigenvalue weighted by Gasteiger charge is 2.33. The van der Waals surface area contributed by atoms with Gasteiger partial charge in [-0.15, -0.1) is 11.3 Å². The van der Waals surface area contributed by atoms with E-state index >= 15 is 0 Å². The second kappa shape index (κ2) is 11.9. The highest BCUT2D eigenvalue weighted by Crippen LogP contribution is 2.39. The van der Waals surface area contributed by atoms with E-state index in [1.165, 1.54) is 11.3 Å². The van der Waals surface area contributed by atoms with E-state index in [9.17, 15) is 24.2 Å². The zero-order valence-corrected chi connectivity index (χ0v) is 21.2. The van der Waals surface area contributed by atoms with E-state index < -0.39 is 37.6 Å². The lowest BCUT2D eigenvalue weighted by Gasteiger charge is -2.26. The van der Waals surface area contributed by atoms with Gasteiger partial charge in [0.25, 0.3) is 0 Å². The summed E-state index contributed by atoms with van der Waals surface area (Å²) in [6.45, 7) is 3.30. The molecule has 182 valence electrons. The molecular formula is C23H27N2O6PS2. The van der Waals surface area contributed by atoms with Gasteiger partial charge in [-0.1, -0.05) is 44.2 Å². The van der Waals surface area contributed by atoms with Gasteiger partial charge in [0, 0.05) is 11.3 Å². The average Bonchev–Trinajstić information content (AvgIpc) is 3.50. The lowest BCUT2D eigenvalue weighted by molar-refractivity contribution is -0.142. The van der Waals surface area contributed by atoms with Gasteiger partial charge < -0.3 is 15.3 Å². The van der Waals surface area contributed by atoms with E-state index in [0.717, 1.165) is 21.6 Å². The molecule has 0 bridgehead atoms. The van der Waals surface area contributed by atoms with E-state index in [1.54, 1.807) is 37.3 Å². The number of aliphatic carboxylic acids is 1. The van der Waals surface area contributed by atoms with Crippen molar-refractivity contribution in [1.82, 2.24) is 10.4 Å². The minimum Gasteiger partial charge on any atom is -0.480 e. The monoisotopic (exact) mass is 522 g/mol. The van der Waals surface area contributed by atoms with Crippen molar-refractivity contribution in [3.05, 3.63) is 69.0 Å². The van der Waals surface area contributed by atoms with Crippen molar-refractivity contribution >= 4 is 42.3 Å². The Morgan fingerprint density at radius 1 is 1.09 bits per heavy atom. The Kier molecular flexibility index (Phi) is 9.18. The second-order valence-corrected chi connectivity index (χ2v) is 11.4. The maximum Gasteiger partial charge on any atom is 0.403 e. The zero-order chi connectivity index (χ0) is 24.7. The fourth-order valence-electron chi connectivity index (χ4n) is 3.23. The molecule has 3 atom stereocenters. The number of rotatable bonds is 12. The summed E-state index contributed by atoms with van der Waals surface area (Å²) in [5, 5.41) is 20.4. The number of nitrogens with one attached hydrogen (secondary N) is 2. The number of thiophene rings is 2. The van der Waals surface area contributed by atoms with E-state index in [1.807, 2.05) is 46.5 Å². The predicted molar refractivity (Wildman–Crippen MR) is 134 cm³/mol. The van der Waals surface area contributed by atoms with Crippen LogP contribution in [-0.4, -0.2) is 34.0 Å². The van der Waals surface area contributed by atoms with Gasteiger partial charge in [0.2, 0.25) is 5.91 Å². The fraction of sp³-hybridized carbons (Fsp3) is 0.304. The Hall–Kier alpha value is -2.33. The van der Waals surface area contributed by atoms with Gasteiger partial charge in [-0.3, -0.25) is 9.32 Å². The van der Waals surface area contributed by atoms with E-state index in [4.69, 9.17) is 4.52 Å². The molecule has 0 spiro atoms. The minimum absolute atomic E-state index is 0.0709. The summed E-state index contributed by atoms with van der Waals surface area (Å²) in [7, 11) is -4.31. The highest BCUT2D eigenvalue weighted by atomic mass is 32.1. The van der Waals surface area contributed by atoms with Gasteiger partial charge >= 0.3 is 13.7 Å². The van der Waals surface area contributed by atoms with Crippen molar-refractivity contribution in [2.45, 2.75) is 39.0 Å². The van der Waals surface area contributed by atoms with Crippen LogP contribution in [-0.2, 0) is 31.7 Å². The smallest absolute Gasteiger partial charge is 0.403 e. The molecule has 0 saturated carbocycles. The van der Waals surface area contributed by atoms with E-state index in [2.05, 4.69) is 10.4 Å². The molecule has 1 amide bonds. The van der Waals surface area contributed by atoms with Gasteiger partial charge in [-0.25, -0.2) is 14.4 Å². The molecule has 0 aliphatic heterocycles. The minimum atomic E-state index is -4.31. The molecule has 0 aliphatic carbocycles. The molecule has 2 heterocycles. The zero-order valence-electron chi connectivity index (χ0n) is 18.7. The normalized spacial score (nSPS) is 14.9. The van der Waals surface area contributed by atoms with E-state index in [-0.39, 0.29) is 13.0 Å². The molecule has 1 aromatic carbocycles. The second-order valence-electron chi connectivity index (χ2n) is 8.04. The standard InChI is InChI=1S/C23H27N2O6PS2/c1-15(2)21(25-32(29,30)31-13-19-4-3-10-34-19)22(26)24-20(23(27)28)12-16-5-7-17(8-6-16)18-9-11-33-14-18/h3-11,14-15,20-21H,12-13H2,1-2H3,(H,24,26)(H,27,28)(H2,25,29,30)/t20-,21-/m0/s1. The maximum absolute atomic E-state index is 12.9. The van der Waals surface area contributed by atoms with Crippen LogP contribution in [0.5, 0.6) is 0 Å². The molecule has 0 saturated heterocycles. The van der Waals surface area contributed by atoms with E-state index in [0.29, 0.717) is 0 Å². The lowest BCUT2D eigenvalue weighted by Crippen LogP contribution is -2.52. The maximum atomic E-state index is 12.9. The molecule has 0 aliphatic rings. The van der Waals surface area contributed by atoms with Crippen LogP contribution in [0.3, 0.4) is 0 Å². The third-order valence-electron chi connectivity index (χ3n) is 5.08. The van der Waals surface area contributed by atoms with Crippen molar-refractivity contribution in [3.63, 3.8) is 0 Å². The molecule has 3 aromatic rings. The lowest BCUT2D eigenvalue weighted by atomic mass is 10.0. The summed E-state index contributed by atoms with van der Waals surface area (Å²) in [6.07, 6.45) is 0.0709. The van der Waals surface area contributed by atoms with Crippen LogP contribution in [0.1, 0.15) is 24.3 Å². The number of benzene rings is 1. The van der Waals surface area contributed by atoms with Crippen LogP contribution in [0.15, 0.2) is 58.6 Å². The quantitative estimate of drug-likeness (QED) is 0.258. The van der Waals surface area contributed by atoms with Crippen LogP contribution in [0, 0.1) is 5.92 Å². The first-order chi connectivity index (χ1) is 16.1. The predicted octanol–water partition coefficient (Wildman–Crippen LogP) is 4.52. The molecule has 1 unspecified atom stereocenters. The summed E-state index contributed by atoms with van der Waals surface area (Å²) >= 11 is 2.97. The summed E-state index contributed by atoms with van der Waals surface area (Å²) < 4.78 is 17.6. The summed E-state index contributed by atoms with van der Waals surface area (Å²) in [5.74, 6) is -2.28. The Bertz CT molecular complexity index is 1120. The number of hydrogen-bond acceptors (Lipinski definition) is 6. The third kappa shape index (κ3) is 7.59. The Morgan fingerprint density at radius 2 is 1.82 bits per heavy atom. The van der Waals surface area contributed by atoms with Crippen LogP contribution < -0.4 is 10.4 Å². The molecule has 4 N–H and O–H groups in total. The van der Waals surface area contributed by atoms with Gasteiger partial charge in [0.15, 0.2) is 0 Å². The first-order valence-corrected chi connectivity index (χ1v) is 14.0. The molecule has 8 nitrogen and oxygen atoms in total. The van der Waals surface area contributed by atoms with Gasteiger partial charge in [0.1, 0.15) is 6.04 Å². The van der Waals surface area contributed by atoms with Crippen molar-refractivity contribution < 1.29 is 28.7 Å². The number of carbonyl (C=O) groups is 2. The summed E-state index contributed by atoms with van der Waals surface area (Å²) in [5.41, 5.74) is 2.85. The molecule has 0 fully saturated rings. The Balaban J connectivity index is 1.63. The average molecular weight is 523 g/mol. The number of hydrogen-bond donors (Lipinski definition) is 4. The van der Waals surface area contributed by atoms with Crippen molar-refractivity contribution in [1.29, 1.82) is 0 Å². The largest absolute Gasteiger partial charge is 0.480 e. The first kappa shape index (κ1) is 26.3. The SMILES string of the molecule is CC(C)[C@H](NP(=O)(O)OCc1cccs1)C(=O)N[C@@H](Cc1ccc(-c2ccsc2)cc1)C(=O)O. The van der Waals surface area contributed by atoms with Gasteiger partial charge in [-0.05, 0) is 50.9 Å². The summed E-state index contributed by atoms with van der Waals surface area (Å²) in [4.78, 5) is 35.7. The highest BCUT2D eigenvalue weighted by molar-refractivity contribution is 7.50. The molecule has 34 heavy (non-hydrogen) atoms. The number of carboxylic acids is 1. The number of carboxylic acid groups (broad SMARTS) is 1. The fourth-order valence-corrected chi connectivity index (χ4v) is 5.75. The van der Waals surface area contributed by atoms with Crippen molar-refractivity contribution in [2.24, 2.45) is 5.92 Å². The molecule has 3 rings (SSSR count). The van der Waals surface area contributed by atoms with Gasteiger partial charge in [-0.2, -0.15) is 11.3 Å². The summed E-state index contributed by atoms with van der Waals surface area (Å²) in [6, 6.07) is 10.7. The third-order valence-corrected chi connectivity index (χ3v) is 7.69. The van der Waals surface area contributed by atoms with Crippen LogP contribution >= 0.6 is 30.4 Å². The van der Waals surface area contributed by atoms with Crippen LogP contribution in [0.25, 0.3) is 11.1 Å². The van der Waals surface area contributed by atoms with Crippen molar-refractivity contribution in [2.75, 3.05) is 0 Å². The van der Waals surface area contributed by atoms with Crippen LogP contribution in [0.4, 0.5) is 0 Å². The Morgan fingerprint density at radius 3 is 2.38 bits per heavy atom. The van der Waals surface area contributed by atoms with Gasteiger partial charge in [0.05, 0.1) is 12.6 Å². The number of carbonyl (C=O) groups excluding carboxylic acids is 1. The first-order valence-electron chi connectivity index (χ1n) is 10.6. The molecule has 11 heteroatoms. The molecular weight excluding hydrogens is 495 g/mol. The molecule has 0 radical (unpaired) electrons.